The van der Waals surface area contributed by atoms with E-state index in [4.69, 9.17) is 21.1 Å². The van der Waals surface area contributed by atoms with Crippen molar-refractivity contribution >= 4 is 35.3 Å². The highest BCUT2D eigenvalue weighted by atomic mass is 35.5. The van der Waals surface area contributed by atoms with Crippen LogP contribution in [0.5, 0.6) is 0 Å². The lowest BCUT2D eigenvalue weighted by Gasteiger charge is -2.38. The van der Waals surface area contributed by atoms with Gasteiger partial charge in [0, 0.05) is 16.5 Å². The molecule has 0 bridgehead atoms. The lowest BCUT2D eigenvalue weighted by atomic mass is 9.62. The van der Waals surface area contributed by atoms with Gasteiger partial charge in [0.15, 0.2) is 0 Å². The van der Waals surface area contributed by atoms with Gasteiger partial charge in [-0.3, -0.25) is 4.79 Å². The standard InChI is InChI=1S/C30H28ClNO5/c1-19(26(33)36-5)25(20-12-11-15-22(31)18-20)30(21-13-7-6-8-14-21)23-16-9-10-17-24(23)32(27(30)34)28(35)37-29(2,3)4/h6-18,25H,1H2,2-5H3/t25-,30-/m0/s1. The Labute approximate surface area is 221 Å². The van der Waals surface area contributed by atoms with E-state index >= 15 is 0 Å². The molecule has 0 aromatic heterocycles. The minimum Gasteiger partial charge on any atom is -0.466 e. The zero-order chi connectivity index (χ0) is 27.0. The van der Waals surface area contributed by atoms with Crippen molar-refractivity contribution in [2.75, 3.05) is 12.0 Å². The molecular formula is C30H28ClNO5. The van der Waals surface area contributed by atoms with E-state index in [2.05, 4.69) is 6.58 Å². The van der Waals surface area contributed by atoms with Gasteiger partial charge in [0.05, 0.1) is 12.8 Å². The van der Waals surface area contributed by atoms with Crippen molar-refractivity contribution in [3.63, 3.8) is 0 Å². The van der Waals surface area contributed by atoms with Gasteiger partial charge < -0.3 is 9.47 Å². The first-order chi connectivity index (χ1) is 17.5. The van der Waals surface area contributed by atoms with Crippen molar-refractivity contribution in [2.24, 2.45) is 0 Å². The van der Waals surface area contributed by atoms with Gasteiger partial charge in [-0.1, -0.05) is 78.8 Å². The number of carbonyl (C=O) groups excluding carboxylic acids is 3. The maximum absolute atomic E-state index is 14.7. The predicted molar refractivity (Wildman–Crippen MR) is 143 cm³/mol. The number of ether oxygens (including phenoxy) is 2. The third-order valence-electron chi connectivity index (χ3n) is 6.33. The Kier molecular flexibility index (Phi) is 6.98. The van der Waals surface area contributed by atoms with E-state index in [1.54, 1.807) is 93.6 Å². The molecule has 37 heavy (non-hydrogen) atoms. The van der Waals surface area contributed by atoms with E-state index in [1.165, 1.54) is 7.11 Å². The Morgan fingerprint density at radius 3 is 2.24 bits per heavy atom. The molecule has 6 nitrogen and oxygen atoms in total. The molecule has 1 aliphatic rings. The second-order valence-corrected chi connectivity index (χ2v) is 10.3. The highest BCUT2D eigenvalue weighted by molar-refractivity contribution is 6.30. The number of nitrogens with zero attached hydrogens (tertiary/aromatic N) is 1. The summed E-state index contributed by atoms with van der Waals surface area (Å²) in [4.78, 5) is 42.2. The van der Waals surface area contributed by atoms with Gasteiger partial charge in [-0.05, 0) is 55.7 Å². The quantitative estimate of drug-likeness (QED) is 0.288. The summed E-state index contributed by atoms with van der Waals surface area (Å²) in [6.07, 6.45) is -0.809. The van der Waals surface area contributed by atoms with E-state index in [1.807, 2.05) is 6.07 Å². The molecule has 2 amide bonds. The Bertz CT molecular complexity index is 1380. The summed E-state index contributed by atoms with van der Waals surface area (Å²) >= 11 is 6.38. The highest BCUT2D eigenvalue weighted by Crippen LogP contribution is 2.56. The minimum absolute atomic E-state index is 0.0443. The zero-order valence-corrected chi connectivity index (χ0v) is 21.9. The second-order valence-electron chi connectivity index (χ2n) is 9.82. The van der Waals surface area contributed by atoms with Crippen LogP contribution in [0.2, 0.25) is 5.02 Å². The van der Waals surface area contributed by atoms with Crippen molar-refractivity contribution < 1.29 is 23.9 Å². The number of amides is 2. The molecule has 0 spiro atoms. The number of imide groups is 1. The van der Waals surface area contributed by atoms with Crippen LogP contribution in [0.15, 0.2) is 91.0 Å². The third-order valence-corrected chi connectivity index (χ3v) is 6.56. The van der Waals surface area contributed by atoms with E-state index in [-0.39, 0.29) is 5.57 Å². The van der Waals surface area contributed by atoms with Crippen molar-refractivity contribution in [1.29, 1.82) is 0 Å². The Morgan fingerprint density at radius 2 is 1.62 bits per heavy atom. The molecule has 0 N–H and O–H groups in total. The smallest absolute Gasteiger partial charge is 0.421 e. The van der Waals surface area contributed by atoms with E-state index in [0.29, 0.717) is 27.4 Å². The molecule has 0 aliphatic carbocycles. The molecule has 0 saturated heterocycles. The molecule has 0 unspecified atom stereocenters. The van der Waals surface area contributed by atoms with Crippen LogP contribution in [0.1, 0.15) is 43.4 Å². The number of fused-ring (bicyclic) bond motifs is 1. The lowest BCUT2D eigenvalue weighted by molar-refractivity contribution is -0.136. The molecule has 190 valence electrons. The van der Waals surface area contributed by atoms with Crippen LogP contribution in [0, 0.1) is 0 Å². The summed E-state index contributed by atoms with van der Waals surface area (Å²) in [6, 6.07) is 23.0. The number of hydrogen-bond acceptors (Lipinski definition) is 5. The summed E-state index contributed by atoms with van der Waals surface area (Å²) in [6.45, 7) is 9.27. The van der Waals surface area contributed by atoms with E-state index in [0.717, 1.165) is 4.90 Å². The van der Waals surface area contributed by atoms with Gasteiger partial charge in [-0.15, -0.1) is 0 Å². The summed E-state index contributed by atoms with van der Waals surface area (Å²) in [7, 11) is 1.26. The largest absolute Gasteiger partial charge is 0.466 e. The molecule has 3 aromatic carbocycles. The first kappa shape index (κ1) is 26.2. The number of anilines is 1. The predicted octanol–water partition coefficient (Wildman–Crippen LogP) is 6.42. The van der Waals surface area contributed by atoms with E-state index < -0.39 is 34.9 Å². The first-order valence-electron chi connectivity index (χ1n) is 11.8. The number of rotatable bonds is 5. The Balaban J connectivity index is 2.10. The number of hydrogen-bond donors (Lipinski definition) is 0. The maximum Gasteiger partial charge on any atom is 0.421 e. The van der Waals surface area contributed by atoms with Crippen LogP contribution in [-0.2, 0) is 24.5 Å². The molecule has 1 heterocycles. The summed E-state index contributed by atoms with van der Waals surface area (Å²) < 4.78 is 10.7. The number of esters is 1. The summed E-state index contributed by atoms with van der Waals surface area (Å²) in [5.74, 6) is -2.20. The molecular weight excluding hydrogens is 490 g/mol. The highest BCUT2D eigenvalue weighted by Gasteiger charge is 2.60. The van der Waals surface area contributed by atoms with Crippen LogP contribution in [-0.4, -0.2) is 30.7 Å². The van der Waals surface area contributed by atoms with Crippen molar-refractivity contribution in [3.8, 4) is 0 Å². The molecule has 2 atom stereocenters. The molecule has 3 aromatic rings. The van der Waals surface area contributed by atoms with Crippen molar-refractivity contribution in [1.82, 2.24) is 0 Å². The average molecular weight is 518 g/mol. The number of para-hydroxylation sites is 1. The van der Waals surface area contributed by atoms with Gasteiger partial charge in [0.1, 0.15) is 11.0 Å². The summed E-state index contributed by atoms with van der Waals surface area (Å²) in [5, 5.41) is 0.422. The Morgan fingerprint density at radius 1 is 0.973 bits per heavy atom. The van der Waals surface area contributed by atoms with Gasteiger partial charge >= 0.3 is 12.1 Å². The van der Waals surface area contributed by atoms with Crippen LogP contribution in [0.25, 0.3) is 0 Å². The van der Waals surface area contributed by atoms with Gasteiger partial charge in [-0.2, -0.15) is 0 Å². The minimum atomic E-state index is -1.55. The zero-order valence-electron chi connectivity index (χ0n) is 21.2. The number of methoxy groups -OCH3 is 1. The molecule has 1 aliphatic heterocycles. The Hall–Kier alpha value is -3.90. The van der Waals surface area contributed by atoms with Gasteiger partial charge in [0.25, 0.3) is 5.91 Å². The van der Waals surface area contributed by atoms with Crippen molar-refractivity contribution in [3.05, 3.63) is 113 Å². The molecule has 0 fully saturated rings. The SMILES string of the molecule is C=C(C(=O)OC)[C@@H](c1cccc(Cl)c1)[C@@]1(c2ccccc2)C(=O)N(C(=O)OC(C)(C)C)c2ccccc21. The molecule has 7 heteroatoms. The molecule has 0 radical (unpaired) electrons. The van der Waals surface area contributed by atoms with Crippen LogP contribution in [0.3, 0.4) is 0 Å². The lowest BCUT2D eigenvalue weighted by Crippen LogP contribution is -2.49. The number of benzene rings is 3. The second kappa shape index (κ2) is 9.87. The molecule has 0 saturated carbocycles. The van der Waals surface area contributed by atoms with Gasteiger partial charge in [0.2, 0.25) is 0 Å². The fourth-order valence-corrected chi connectivity index (χ4v) is 5.16. The third kappa shape index (κ3) is 4.53. The van der Waals surface area contributed by atoms with Crippen LogP contribution in [0.4, 0.5) is 10.5 Å². The first-order valence-corrected chi connectivity index (χ1v) is 12.1. The topological polar surface area (TPSA) is 72.9 Å². The maximum atomic E-state index is 14.7. The fraction of sp³-hybridized carbons (Fsp3) is 0.233. The number of carbonyl (C=O) groups is 3. The van der Waals surface area contributed by atoms with Crippen LogP contribution < -0.4 is 4.90 Å². The molecule has 4 rings (SSSR count). The van der Waals surface area contributed by atoms with Crippen LogP contribution >= 0.6 is 11.6 Å². The van der Waals surface area contributed by atoms with E-state index in [9.17, 15) is 14.4 Å². The average Bonchev–Trinajstić information content (AvgIpc) is 3.12. The fourth-order valence-electron chi connectivity index (χ4n) is 4.97. The van der Waals surface area contributed by atoms with Gasteiger partial charge in [-0.25, -0.2) is 14.5 Å². The summed E-state index contributed by atoms with van der Waals surface area (Å²) in [5.41, 5.74) is -0.295. The number of halogens is 1. The van der Waals surface area contributed by atoms with Crippen molar-refractivity contribution in [2.45, 2.75) is 37.7 Å². The monoisotopic (exact) mass is 517 g/mol. The normalized spacial score (nSPS) is 17.6.